The second kappa shape index (κ2) is 7.81. The third-order valence-electron chi connectivity index (χ3n) is 4.57. The Morgan fingerprint density at radius 2 is 1.79 bits per heavy atom. The molecule has 0 aliphatic rings. The molecule has 2 aromatic carbocycles. The highest BCUT2D eigenvalue weighted by molar-refractivity contribution is 6.32. The molecule has 4 aromatic rings. The fraction of sp³-hybridized carbons (Fsp3) is 0.143. The number of hydrogen-bond donors (Lipinski definition) is 0. The highest BCUT2D eigenvalue weighted by Gasteiger charge is 2.13. The van der Waals surface area contributed by atoms with Crippen molar-refractivity contribution in [3.8, 4) is 0 Å². The quantitative estimate of drug-likeness (QED) is 0.453. The Morgan fingerprint density at radius 3 is 2.55 bits per heavy atom. The fourth-order valence-corrected chi connectivity index (χ4v) is 3.48. The molecule has 146 valence electrons. The molecule has 29 heavy (non-hydrogen) atoms. The molecule has 0 N–H and O–H groups in total. The Labute approximate surface area is 177 Å². The number of benzene rings is 2. The molecule has 0 spiro atoms. The number of aromatic nitrogens is 4. The van der Waals surface area contributed by atoms with Gasteiger partial charge in [-0.1, -0.05) is 47.5 Å². The van der Waals surface area contributed by atoms with Crippen LogP contribution in [-0.2, 0) is 6.54 Å². The van der Waals surface area contributed by atoms with Gasteiger partial charge >= 0.3 is 0 Å². The van der Waals surface area contributed by atoms with E-state index in [1.165, 1.54) is 4.68 Å². The summed E-state index contributed by atoms with van der Waals surface area (Å²) >= 11 is 12.5. The zero-order chi connectivity index (χ0) is 20.5. The summed E-state index contributed by atoms with van der Waals surface area (Å²) in [6.45, 7) is 4.09. The van der Waals surface area contributed by atoms with Gasteiger partial charge in [0.1, 0.15) is 11.0 Å². The zero-order valence-electron chi connectivity index (χ0n) is 15.8. The molecular formula is C21H17Cl2N5O. The minimum atomic E-state index is -0.230. The predicted molar refractivity (Wildman–Crippen MR) is 116 cm³/mol. The van der Waals surface area contributed by atoms with Gasteiger partial charge in [-0.2, -0.15) is 14.9 Å². The van der Waals surface area contributed by atoms with Gasteiger partial charge in [0.15, 0.2) is 0 Å². The van der Waals surface area contributed by atoms with Crippen molar-refractivity contribution in [2.24, 2.45) is 5.10 Å². The predicted octanol–water partition coefficient (Wildman–Crippen LogP) is 4.45. The van der Waals surface area contributed by atoms with Crippen LogP contribution in [-0.4, -0.2) is 25.7 Å². The topological polar surface area (TPSA) is 65.1 Å². The summed E-state index contributed by atoms with van der Waals surface area (Å²) in [5, 5.41) is 10.5. The summed E-state index contributed by atoms with van der Waals surface area (Å²) < 4.78 is 2.96. The first-order chi connectivity index (χ1) is 13.9. The molecule has 0 bridgehead atoms. The number of fused-ring (bicyclic) bond motifs is 1. The monoisotopic (exact) mass is 425 g/mol. The summed E-state index contributed by atoms with van der Waals surface area (Å²) in [5.74, 6) is 0.493. The smallest absolute Gasteiger partial charge is 0.267 e. The van der Waals surface area contributed by atoms with E-state index in [1.807, 2.05) is 37.3 Å². The second-order valence-corrected chi connectivity index (χ2v) is 7.41. The average molecular weight is 426 g/mol. The van der Waals surface area contributed by atoms with Gasteiger partial charge in [-0.05, 0) is 43.7 Å². The summed E-state index contributed by atoms with van der Waals surface area (Å²) in [4.78, 5) is 17.2. The molecule has 0 aliphatic heterocycles. The van der Waals surface area contributed by atoms with Crippen LogP contribution < -0.4 is 5.56 Å². The van der Waals surface area contributed by atoms with Crippen LogP contribution in [0.25, 0.3) is 10.9 Å². The van der Waals surface area contributed by atoms with Crippen molar-refractivity contribution in [3.63, 3.8) is 0 Å². The number of halogens is 2. The Bertz CT molecular complexity index is 1290. The number of para-hydroxylation sites is 1. The van der Waals surface area contributed by atoms with E-state index in [9.17, 15) is 4.79 Å². The van der Waals surface area contributed by atoms with Gasteiger partial charge in [0.05, 0.1) is 34.9 Å². The normalized spacial score (nSPS) is 11.6. The third kappa shape index (κ3) is 3.81. The minimum Gasteiger partial charge on any atom is -0.267 e. The van der Waals surface area contributed by atoms with Crippen LogP contribution in [0.1, 0.15) is 22.6 Å². The van der Waals surface area contributed by atoms with Crippen molar-refractivity contribution in [2.75, 3.05) is 0 Å². The Kier molecular flexibility index (Phi) is 5.22. The van der Waals surface area contributed by atoms with Gasteiger partial charge in [-0.3, -0.25) is 4.79 Å². The molecule has 2 heterocycles. The molecular weight excluding hydrogens is 409 g/mol. The van der Waals surface area contributed by atoms with Gasteiger partial charge in [-0.25, -0.2) is 9.67 Å². The van der Waals surface area contributed by atoms with Crippen LogP contribution in [0.4, 0.5) is 0 Å². The molecule has 2 aromatic heterocycles. The molecule has 8 heteroatoms. The molecule has 0 saturated heterocycles. The fourth-order valence-electron chi connectivity index (χ4n) is 3.07. The molecule has 0 aliphatic carbocycles. The van der Waals surface area contributed by atoms with Crippen LogP contribution in [0.3, 0.4) is 0 Å². The molecule has 0 radical (unpaired) electrons. The Hall–Kier alpha value is -2.96. The lowest BCUT2D eigenvalue weighted by atomic mass is 10.2. The van der Waals surface area contributed by atoms with E-state index < -0.39 is 0 Å². The molecule has 4 rings (SSSR count). The lowest BCUT2D eigenvalue weighted by molar-refractivity contribution is 0.680. The van der Waals surface area contributed by atoms with Crippen molar-refractivity contribution in [3.05, 3.63) is 91.7 Å². The van der Waals surface area contributed by atoms with Gasteiger partial charge in [0.2, 0.25) is 0 Å². The minimum absolute atomic E-state index is 0.230. The van der Waals surface area contributed by atoms with E-state index in [-0.39, 0.29) is 5.56 Å². The van der Waals surface area contributed by atoms with E-state index in [0.29, 0.717) is 44.7 Å². The lowest BCUT2D eigenvalue weighted by Gasteiger charge is -2.05. The molecule has 0 saturated carbocycles. The van der Waals surface area contributed by atoms with Crippen LogP contribution in [0, 0.1) is 13.8 Å². The maximum Gasteiger partial charge on any atom is 0.282 e. The zero-order valence-corrected chi connectivity index (χ0v) is 17.3. The largest absolute Gasteiger partial charge is 0.282 e. The summed E-state index contributed by atoms with van der Waals surface area (Å²) in [5.41, 5.74) is 2.80. The van der Waals surface area contributed by atoms with Crippen molar-refractivity contribution in [1.82, 2.24) is 19.4 Å². The summed E-state index contributed by atoms with van der Waals surface area (Å²) in [7, 11) is 0. The van der Waals surface area contributed by atoms with E-state index in [0.717, 1.165) is 5.56 Å². The van der Waals surface area contributed by atoms with Crippen LogP contribution in [0.5, 0.6) is 0 Å². The first-order valence-electron chi connectivity index (χ1n) is 8.94. The average Bonchev–Trinajstić information content (AvgIpc) is 2.96. The van der Waals surface area contributed by atoms with Crippen molar-refractivity contribution >= 4 is 40.3 Å². The third-order valence-corrected chi connectivity index (χ3v) is 5.22. The van der Waals surface area contributed by atoms with E-state index >= 15 is 0 Å². The Balaban J connectivity index is 1.69. The van der Waals surface area contributed by atoms with E-state index in [1.54, 1.807) is 36.0 Å². The van der Waals surface area contributed by atoms with Crippen molar-refractivity contribution in [1.29, 1.82) is 0 Å². The number of rotatable bonds is 4. The summed E-state index contributed by atoms with van der Waals surface area (Å²) in [6.07, 6.45) is 1.55. The Morgan fingerprint density at radius 1 is 1.07 bits per heavy atom. The van der Waals surface area contributed by atoms with Crippen LogP contribution >= 0.6 is 23.2 Å². The van der Waals surface area contributed by atoms with E-state index in [2.05, 4.69) is 15.2 Å². The van der Waals surface area contributed by atoms with Crippen molar-refractivity contribution < 1.29 is 0 Å². The highest BCUT2D eigenvalue weighted by Crippen LogP contribution is 2.20. The molecule has 6 nitrogen and oxygen atoms in total. The van der Waals surface area contributed by atoms with Crippen molar-refractivity contribution in [2.45, 2.75) is 20.4 Å². The lowest BCUT2D eigenvalue weighted by Crippen LogP contribution is -2.20. The molecule has 0 amide bonds. The van der Waals surface area contributed by atoms with Crippen LogP contribution in [0.15, 0.2) is 58.4 Å². The van der Waals surface area contributed by atoms with Gasteiger partial charge in [0, 0.05) is 5.02 Å². The first kappa shape index (κ1) is 19.4. The first-order valence-corrected chi connectivity index (χ1v) is 9.70. The standard InChI is InChI=1S/C21H17Cl2N5O/c1-13-18(20(23)27(26-13)12-15-7-9-16(22)10-8-15)11-24-28-14(2)25-19-6-4-3-5-17(19)21(28)29/h3-11H,12H2,1-2H3. The number of nitrogens with zero attached hydrogens (tertiary/aromatic N) is 5. The van der Waals surface area contributed by atoms with Gasteiger partial charge in [0.25, 0.3) is 5.56 Å². The van der Waals surface area contributed by atoms with E-state index in [4.69, 9.17) is 23.2 Å². The highest BCUT2D eigenvalue weighted by atomic mass is 35.5. The number of aryl methyl sites for hydroxylation is 2. The molecule has 0 unspecified atom stereocenters. The SMILES string of the molecule is Cc1nn(Cc2ccc(Cl)cc2)c(Cl)c1C=Nn1c(C)nc2ccccc2c1=O. The molecule has 0 fully saturated rings. The maximum atomic E-state index is 12.8. The van der Waals surface area contributed by atoms with Gasteiger partial charge in [-0.15, -0.1) is 0 Å². The van der Waals surface area contributed by atoms with Gasteiger partial charge < -0.3 is 0 Å². The second-order valence-electron chi connectivity index (χ2n) is 6.61. The summed E-state index contributed by atoms with van der Waals surface area (Å²) in [6, 6.07) is 14.7. The van der Waals surface area contributed by atoms with Crippen LogP contribution in [0.2, 0.25) is 10.2 Å². The number of hydrogen-bond acceptors (Lipinski definition) is 4. The molecule has 0 atom stereocenters. The maximum absolute atomic E-state index is 12.8.